The van der Waals surface area contributed by atoms with Gasteiger partial charge in [0.1, 0.15) is 0 Å². The summed E-state index contributed by atoms with van der Waals surface area (Å²) < 4.78 is 7.46. The highest BCUT2D eigenvalue weighted by Crippen LogP contribution is 2.24. The van der Waals surface area contributed by atoms with E-state index in [1.54, 1.807) is 18.0 Å². The molecule has 6 nitrogen and oxygen atoms in total. The molecule has 24 heavy (non-hydrogen) atoms. The number of nitrogens with one attached hydrogen (secondary N) is 1. The van der Waals surface area contributed by atoms with Gasteiger partial charge in [-0.3, -0.25) is 9.36 Å². The molecule has 2 aromatic rings. The largest absolute Gasteiger partial charge is 0.461 e. The van der Waals surface area contributed by atoms with Gasteiger partial charge in [-0.25, -0.2) is 0 Å². The molecular weight excluding hydrogens is 324 g/mol. The van der Waals surface area contributed by atoms with E-state index in [2.05, 4.69) is 40.9 Å². The van der Waals surface area contributed by atoms with E-state index in [1.807, 2.05) is 12.1 Å². The molecular formula is C17H26N4O2S. The van der Waals surface area contributed by atoms with Gasteiger partial charge in [-0.05, 0) is 37.8 Å². The highest BCUT2D eigenvalue weighted by molar-refractivity contribution is 7.99. The predicted octanol–water partition coefficient (Wildman–Crippen LogP) is 3.59. The predicted molar refractivity (Wildman–Crippen MR) is 95.8 cm³/mol. The molecule has 0 saturated carbocycles. The van der Waals surface area contributed by atoms with Crippen molar-refractivity contribution in [2.75, 3.05) is 12.3 Å². The second-order valence-electron chi connectivity index (χ2n) is 6.03. The standard InChI is InChI=1S/C17H26N4O2S/c1-4-21-16(14-8-7-10-23-14)19-20-17(21)24-11-6-5-9-15(22)18-12-13(2)3/h7-8,10,13H,4-6,9,11-12H2,1-3H3,(H,18,22). The van der Waals surface area contributed by atoms with E-state index in [-0.39, 0.29) is 5.91 Å². The summed E-state index contributed by atoms with van der Waals surface area (Å²) in [4.78, 5) is 11.7. The van der Waals surface area contributed by atoms with E-state index in [4.69, 9.17) is 4.42 Å². The number of carbonyl (C=O) groups excluding carboxylic acids is 1. The van der Waals surface area contributed by atoms with Gasteiger partial charge in [0.2, 0.25) is 5.91 Å². The first-order valence-corrected chi connectivity index (χ1v) is 9.47. The van der Waals surface area contributed by atoms with Gasteiger partial charge in [-0.15, -0.1) is 10.2 Å². The van der Waals surface area contributed by atoms with Crippen LogP contribution in [0.3, 0.4) is 0 Å². The van der Waals surface area contributed by atoms with Gasteiger partial charge >= 0.3 is 0 Å². The molecule has 0 saturated heterocycles. The molecule has 0 spiro atoms. The third kappa shape index (κ3) is 5.40. The Kier molecular flexibility index (Phi) is 7.36. The molecule has 0 aliphatic rings. The topological polar surface area (TPSA) is 73.0 Å². The van der Waals surface area contributed by atoms with Crippen molar-refractivity contribution in [1.29, 1.82) is 0 Å². The molecule has 0 unspecified atom stereocenters. The summed E-state index contributed by atoms with van der Waals surface area (Å²) >= 11 is 1.68. The second kappa shape index (κ2) is 9.52. The Balaban J connectivity index is 1.74. The van der Waals surface area contributed by atoms with Crippen LogP contribution in [0.5, 0.6) is 0 Å². The maximum absolute atomic E-state index is 11.7. The average Bonchev–Trinajstić information content (AvgIpc) is 3.21. The van der Waals surface area contributed by atoms with Crippen molar-refractivity contribution in [1.82, 2.24) is 20.1 Å². The van der Waals surface area contributed by atoms with Crippen LogP contribution in [0.25, 0.3) is 11.6 Å². The average molecular weight is 350 g/mol. The van der Waals surface area contributed by atoms with E-state index in [1.165, 1.54) is 0 Å². The summed E-state index contributed by atoms with van der Waals surface area (Å²) in [5.41, 5.74) is 0. The minimum Gasteiger partial charge on any atom is -0.461 e. The van der Waals surface area contributed by atoms with Crippen LogP contribution >= 0.6 is 11.8 Å². The number of furan rings is 1. The minimum atomic E-state index is 0.144. The molecule has 0 atom stereocenters. The van der Waals surface area contributed by atoms with Crippen LogP contribution in [-0.4, -0.2) is 33.0 Å². The lowest BCUT2D eigenvalue weighted by Gasteiger charge is -2.07. The molecule has 1 N–H and O–H groups in total. The summed E-state index contributed by atoms with van der Waals surface area (Å²) in [6.45, 7) is 7.81. The quantitative estimate of drug-likeness (QED) is 0.523. The molecule has 7 heteroatoms. The van der Waals surface area contributed by atoms with Gasteiger partial charge in [-0.1, -0.05) is 25.6 Å². The fourth-order valence-corrected chi connectivity index (χ4v) is 3.23. The fourth-order valence-electron chi connectivity index (χ4n) is 2.23. The molecule has 0 fully saturated rings. The lowest BCUT2D eigenvalue weighted by atomic mass is 10.2. The summed E-state index contributed by atoms with van der Waals surface area (Å²) in [5, 5.41) is 12.3. The smallest absolute Gasteiger partial charge is 0.220 e. The Morgan fingerprint density at radius 2 is 2.21 bits per heavy atom. The van der Waals surface area contributed by atoms with Crippen LogP contribution in [0.2, 0.25) is 0 Å². The Bertz CT molecular complexity index is 623. The van der Waals surface area contributed by atoms with Crippen LogP contribution in [0.15, 0.2) is 28.0 Å². The molecule has 132 valence electrons. The Morgan fingerprint density at radius 3 is 2.88 bits per heavy atom. The molecule has 0 aliphatic carbocycles. The van der Waals surface area contributed by atoms with Gasteiger partial charge in [0.05, 0.1) is 6.26 Å². The van der Waals surface area contributed by atoms with Crippen molar-refractivity contribution in [2.24, 2.45) is 5.92 Å². The number of carbonyl (C=O) groups is 1. The normalized spacial score (nSPS) is 11.2. The van der Waals surface area contributed by atoms with Crippen LogP contribution < -0.4 is 5.32 Å². The molecule has 0 aromatic carbocycles. The van der Waals surface area contributed by atoms with Gasteiger partial charge in [-0.2, -0.15) is 0 Å². The van der Waals surface area contributed by atoms with Crippen LogP contribution in [-0.2, 0) is 11.3 Å². The summed E-state index contributed by atoms with van der Waals surface area (Å²) in [6.07, 6.45) is 4.10. The van der Waals surface area contributed by atoms with E-state index < -0.39 is 0 Å². The SMILES string of the molecule is CCn1c(SCCCCC(=O)NCC(C)C)nnc1-c1ccco1. The number of rotatable bonds is 10. The van der Waals surface area contributed by atoms with Crippen molar-refractivity contribution in [3.8, 4) is 11.6 Å². The summed E-state index contributed by atoms with van der Waals surface area (Å²) in [6, 6.07) is 3.74. The number of hydrogen-bond acceptors (Lipinski definition) is 5. The first kappa shape index (κ1) is 18.6. The van der Waals surface area contributed by atoms with Gasteiger partial charge < -0.3 is 9.73 Å². The highest BCUT2D eigenvalue weighted by atomic mass is 32.2. The number of aromatic nitrogens is 3. The molecule has 0 aliphatic heterocycles. The molecule has 0 radical (unpaired) electrons. The van der Waals surface area contributed by atoms with Crippen LogP contribution in [0.1, 0.15) is 40.0 Å². The van der Waals surface area contributed by atoms with E-state index >= 15 is 0 Å². The van der Waals surface area contributed by atoms with Crippen molar-refractivity contribution in [3.63, 3.8) is 0 Å². The number of nitrogens with zero attached hydrogens (tertiary/aromatic N) is 3. The minimum absolute atomic E-state index is 0.144. The van der Waals surface area contributed by atoms with Gasteiger partial charge in [0, 0.05) is 25.3 Å². The monoisotopic (exact) mass is 350 g/mol. The molecule has 1 amide bonds. The molecule has 0 bridgehead atoms. The van der Waals surface area contributed by atoms with Crippen molar-refractivity contribution < 1.29 is 9.21 Å². The Morgan fingerprint density at radius 1 is 1.38 bits per heavy atom. The maximum atomic E-state index is 11.7. The first-order valence-electron chi connectivity index (χ1n) is 8.48. The zero-order valence-electron chi connectivity index (χ0n) is 14.6. The van der Waals surface area contributed by atoms with Gasteiger partial charge in [0.25, 0.3) is 0 Å². The van der Waals surface area contributed by atoms with Gasteiger partial charge in [0.15, 0.2) is 16.7 Å². The molecule has 2 aromatic heterocycles. The lowest BCUT2D eigenvalue weighted by molar-refractivity contribution is -0.121. The number of thioether (sulfide) groups is 1. The summed E-state index contributed by atoms with van der Waals surface area (Å²) in [5.74, 6) is 3.06. The third-order valence-corrected chi connectivity index (χ3v) is 4.56. The highest BCUT2D eigenvalue weighted by Gasteiger charge is 2.14. The Hall–Kier alpha value is -1.76. The van der Waals surface area contributed by atoms with Crippen LogP contribution in [0, 0.1) is 5.92 Å². The molecule has 2 rings (SSSR count). The fraction of sp³-hybridized carbons (Fsp3) is 0.588. The summed E-state index contributed by atoms with van der Waals surface area (Å²) in [7, 11) is 0. The zero-order chi connectivity index (χ0) is 17.4. The number of unbranched alkanes of at least 4 members (excludes halogenated alkanes) is 1. The second-order valence-corrected chi connectivity index (χ2v) is 7.09. The van der Waals surface area contributed by atoms with Crippen LogP contribution in [0.4, 0.5) is 0 Å². The maximum Gasteiger partial charge on any atom is 0.220 e. The lowest BCUT2D eigenvalue weighted by Crippen LogP contribution is -2.26. The molecule has 2 heterocycles. The van der Waals surface area contributed by atoms with Crippen molar-refractivity contribution >= 4 is 17.7 Å². The zero-order valence-corrected chi connectivity index (χ0v) is 15.4. The number of hydrogen-bond donors (Lipinski definition) is 1. The number of amides is 1. The first-order chi connectivity index (χ1) is 11.6. The third-order valence-electron chi connectivity index (χ3n) is 3.51. The van der Waals surface area contributed by atoms with Crippen molar-refractivity contribution in [2.45, 2.75) is 51.7 Å². The van der Waals surface area contributed by atoms with E-state index in [0.29, 0.717) is 12.3 Å². The Labute approximate surface area is 147 Å². The van der Waals surface area contributed by atoms with Crippen molar-refractivity contribution in [3.05, 3.63) is 18.4 Å². The van der Waals surface area contributed by atoms with E-state index in [0.717, 1.165) is 48.4 Å². The van der Waals surface area contributed by atoms with E-state index in [9.17, 15) is 4.79 Å².